The number of hydrogen-bond acceptors (Lipinski definition) is 4. The van der Waals surface area contributed by atoms with Crippen molar-refractivity contribution in [3.63, 3.8) is 0 Å². The summed E-state index contributed by atoms with van der Waals surface area (Å²) in [6.45, 7) is 0. The maximum atomic E-state index is 6.21. The molecule has 3 aromatic rings. The molecule has 86 valence electrons. The highest BCUT2D eigenvalue weighted by Crippen LogP contribution is 2.30. The lowest BCUT2D eigenvalue weighted by molar-refractivity contribution is 0.902. The fourth-order valence-corrected chi connectivity index (χ4v) is 2.82. The molecule has 0 spiro atoms. The Hall–Kier alpha value is -1.43. The number of hydrogen-bond donors (Lipinski definition) is 1. The second-order valence-corrected chi connectivity index (χ2v) is 5.37. The topological polar surface area (TPSA) is 56.2 Å². The van der Waals surface area contributed by atoms with Crippen LogP contribution in [0.5, 0.6) is 0 Å². The molecule has 0 saturated carbocycles. The lowest BCUT2D eigenvalue weighted by Crippen LogP contribution is -2.09. The average Bonchev–Trinajstić information content (AvgIpc) is 2.94. The highest BCUT2D eigenvalue weighted by molar-refractivity contribution is 7.16. The molecule has 3 heterocycles. The number of rotatable bonds is 2. The van der Waals surface area contributed by atoms with E-state index in [9.17, 15) is 0 Å². The molecule has 0 amide bonds. The molecule has 4 nitrogen and oxygen atoms in total. The summed E-state index contributed by atoms with van der Waals surface area (Å²) in [7, 11) is 0. The van der Waals surface area contributed by atoms with Gasteiger partial charge in [-0.15, -0.1) is 11.3 Å². The second kappa shape index (κ2) is 4.10. The van der Waals surface area contributed by atoms with E-state index < -0.39 is 0 Å². The van der Waals surface area contributed by atoms with Crippen LogP contribution in [0.4, 0.5) is 0 Å². The van der Waals surface area contributed by atoms with Gasteiger partial charge in [-0.3, -0.25) is 4.98 Å². The molecule has 3 rings (SSSR count). The molecule has 0 radical (unpaired) electrons. The van der Waals surface area contributed by atoms with Crippen LogP contribution in [0.3, 0.4) is 0 Å². The van der Waals surface area contributed by atoms with E-state index in [-0.39, 0.29) is 6.04 Å². The molecule has 0 aliphatic rings. The summed E-state index contributed by atoms with van der Waals surface area (Å²) >= 11 is 7.40. The molecule has 2 N–H and O–H groups in total. The van der Waals surface area contributed by atoms with E-state index in [0.717, 1.165) is 20.3 Å². The Bertz CT molecular complexity index is 660. The van der Waals surface area contributed by atoms with E-state index in [0.29, 0.717) is 0 Å². The van der Waals surface area contributed by atoms with Gasteiger partial charge in [0.1, 0.15) is 0 Å². The number of nitrogens with two attached hydrogens (primary N) is 1. The van der Waals surface area contributed by atoms with Gasteiger partial charge in [0.05, 0.1) is 28.3 Å². The first-order chi connectivity index (χ1) is 8.25. The quantitative estimate of drug-likeness (QED) is 0.774. The molecule has 17 heavy (non-hydrogen) atoms. The summed E-state index contributed by atoms with van der Waals surface area (Å²) in [4.78, 5) is 5.11. The van der Waals surface area contributed by atoms with E-state index in [4.69, 9.17) is 17.3 Å². The molecule has 0 aliphatic heterocycles. The van der Waals surface area contributed by atoms with Gasteiger partial charge in [-0.05, 0) is 12.1 Å². The summed E-state index contributed by atoms with van der Waals surface area (Å²) in [5.41, 5.74) is 8.09. The number of thiophene rings is 1. The predicted octanol–water partition coefficient (Wildman–Crippen LogP) is 2.49. The van der Waals surface area contributed by atoms with Crippen LogP contribution in [-0.4, -0.2) is 14.6 Å². The summed E-state index contributed by atoms with van der Waals surface area (Å²) in [5, 5.41) is 4.24. The Balaban J connectivity index is 2.09. The minimum absolute atomic E-state index is 0.214. The van der Waals surface area contributed by atoms with Crippen molar-refractivity contribution in [3.8, 4) is 0 Å². The first kappa shape index (κ1) is 10.7. The predicted molar refractivity (Wildman–Crippen MR) is 68.3 cm³/mol. The standard InChI is InChI=1S/C11H9ClN4S/c12-10-2-1-9(17-10)11(13)7-5-15-16-4-3-14-6-8(7)16/h1-6,11H,13H2. The average molecular weight is 265 g/mol. The lowest BCUT2D eigenvalue weighted by atomic mass is 10.1. The number of halogens is 1. The van der Waals surface area contributed by atoms with Crippen LogP contribution in [0, 0.1) is 0 Å². The first-order valence-electron chi connectivity index (χ1n) is 5.04. The smallest absolute Gasteiger partial charge is 0.0931 e. The van der Waals surface area contributed by atoms with Gasteiger partial charge in [0.15, 0.2) is 0 Å². The van der Waals surface area contributed by atoms with Crippen LogP contribution in [0.2, 0.25) is 4.34 Å². The molecule has 1 unspecified atom stereocenters. The molecule has 0 aromatic carbocycles. The van der Waals surface area contributed by atoms with Gasteiger partial charge in [-0.1, -0.05) is 11.6 Å². The number of nitrogens with zero attached hydrogens (tertiary/aromatic N) is 3. The van der Waals surface area contributed by atoms with Gasteiger partial charge < -0.3 is 5.73 Å². The van der Waals surface area contributed by atoms with Crippen LogP contribution in [0.1, 0.15) is 16.5 Å². The number of aromatic nitrogens is 3. The molecule has 0 saturated heterocycles. The first-order valence-corrected chi connectivity index (χ1v) is 6.23. The fraction of sp³-hybridized carbons (Fsp3) is 0.0909. The Morgan fingerprint density at radius 1 is 1.35 bits per heavy atom. The third-order valence-electron chi connectivity index (χ3n) is 2.59. The molecule has 0 fully saturated rings. The van der Waals surface area contributed by atoms with Crippen molar-refractivity contribution < 1.29 is 0 Å². The van der Waals surface area contributed by atoms with Crippen LogP contribution in [0.25, 0.3) is 5.52 Å². The lowest BCUT2D eigenvalue weighted by Gasteiger charge is -2.07. The monoisotopic (exact) mass is 264 g/mol. The zero-order valence-corrected chi connectivity index (χ0v) is 10.3. The summed E-state index contributed by atoms with van der Waals surface area (Å²) < 4.78 is 2.50. The van der Waals surface area contributed by atoms with E-state index in [2.05, 4.69) is 10.1 Å². The van der Waals surface area contributed by atoms with Crippen LogP contribution >= 0.6 is 22.9 Å². The Morgan fingerprint density at radius 2 is 2.24 bits per heavy atom. The Morgan fingerprint density at radius 3 is 3.00 bits per heavy atom. The zero-order valence-electron chi connectivity index (χ0n) is 8.75. The molecule has 6 heteroatoms. The van der Waals surface area contributed by atoms with Gasteiger partial charge in [-0.25, -0.2) is 4.52 Å². The van der Waals surface area contributed by atoms with E-state index >= 15 is 0 Å². The van der Waals surface area contributed by atoms with Crippen molar-refractivity contribution in [3.05, 3.63) is 51.7 Å². The number of fused-ring (bicyclic) bond motifs is 1. The molecule has 3 aromatic heterocycles. The van der Waals surface area contributed by atoms with E-state index in [1.54, 1.807) is 29.3 Å². The molecular weight excluding hydrogens is 256 g/mol. The molecule has 0 aliphatic carbocycles. The Labute approximate surface area is 107 Å². The highest BCUT2D eigenvalue weighted by atomic mass is 35.5. The second-order valence-electron chi connectivity index (χ2n) is 3.63. The van der Waals surface area contributed by atoms with E-state index in [1.165, 1.54) is 11.3 Å². The van der Waals surface area contributed by atoms with E-state index in [1.807, 2.05) is 12.1 Å². The van der Waals surface area contributed by atoms with Crippen molar-refractivity contribution >= 4 is 28.5 Å². The minimum Gasteiger partial charge on any atom is -0.319 e. The molecular formula is C11H9ClN4S. The third-order valence-corrected chi connectivity index (χ3v) is 3.90. The molecule has 1 atom stereocenters. The highest BCUT2D eigenvalue weighted by Gasteiger charge is 2.16. The van der Waals surface area contributed by atoms with Crippen molar-refractivity contribution in [2.24, 2.45) is 5.73 Å². The third kappa shape index (κ3) is 1.82. The minimum atomic E-state index is -0.214. The fourth-order valence-electron chi connectivity index (χ4n) is 1.74. The summed E-state index contributed by atoms with van der Waals surface area (Å²) in [6.07, 6.45) is 7.02. The maximum absolute atomic E-state index is 6.21. The maximum Gasteiger partial charge on any atom is 0.0931 e. The van der Waals surface area contributed by atoms with Crippen molar-refractivity contribution in [2.45, 2.75) is 6.04 Å². The van der Waals surface area contributed by atoms with Gasteiger partial charge in [0, 0.05) is 22.8 Å². The van der Waals surface area contributed by atoms with Gasteiger partial charge >= 0.3 is 0 Å². The van der Waals surface area contributed by atoms with Crippen molar-refractivity contribution in [1.82, 2.24) is 14.6 Å². The molecule has 0 bridgehead atoms. The largest absolute Gasteiger partial charge is 0.319 e. The zero-order chi connectivity index (χ0) is 11.8. The van der Waals surface area contributed by atoms with Crippen LogP contribution in [0.15, 0.2) is 36.9 Å². The van der Waals surface area contributed by atoms with Gasteiger partial charge in [0.25, 0.3) is 0 Å². The van der Waals surface area contributed by atoms with Gasteiger partial charge in [0.2, 0.25) is 0 Å². The summed E-state index contributed by atoms with van der Waals surface area (Å²) in [6, 6.07) is 3.58. The van der Waals surface area contributed by atoms with Gasteiger partial charge in [-0.2, -0.15) is 5.10 Å². The van der Waals surface area contributed by atoms with Crippen LogP contribution in [-0.2, 0) is 0 Å². The van der Waals surface area contributed by atoms with Crippen LogP contribution < -0.4 is 5.73 Å². The summed E-state index contributed by atoms with van der Waals surface area (Å²) in [5.74, 6) is 0. The van der Waals surface area contributed by atoms with Crippen molar-refractivity contribution in [1.29, 1.82) is 0 Å². The Kier molecular flexibility index (Phi) is 2.58. The SMILES string of the molecule is NC(c1ccc(Cl)s1)c1cnn2ccncc12. The van der Waals surface area contributed by atoms with Crippen molar-refractivity contribution in [2.75, 3.05) is 0 Å². The normalized spacial score (nSPS) is 13.1.